The highest BCUT2D eigenvalue weighted by molar-refractivity contribution is 6.09. The van der Waals surface area contributed by atoms with Gasteiger partial charge in [0.05, 0.1) is 5.69 Å². The molecule has 0 spiro atoms. The topological polar surface area (TPSA) is 109 Å². The molecule has 2 N–H and O–H groups in total. The predicted molar refractivity (Wildman–Crippen MR) is 107 cm³/mol. The number of carbonyl (C=O) groups excluding carboxylic acids is 3. The summed E-state index contributed by atoms with van der Waals surface area (Å²) in [5.41, 5.74) is 0.739. The van der Waals surface area contributed by atoms with Crippen LogP contribution in [0.25, 0.3) is 5.69 Å². The molecule has 1 aliphatic rings. The van der Waals surface area contributed by atoms with Crippen LogP contribution in [-0.4, -0.2) is 44.1 Å². The largest absolute Gasteiger partial charge is 0.350 e. The first-order valence-electron chi connectivity index (χ1n) is 9.47. The van der Waals surface area contributed by atoms with Crippen molar-refractivity contribution in [3.8, 4) is 5.69 Å². The standard InChI is InChI=1S/C21H19FN6O3/c1-21(15-4-6-16(22)7-5-15)19(30)27(20(31)26-21)11-18(29)24-10-14-2-8-17(9-3-14)28-13-23-12-25-28/h2-9,12-13H,10-11H2,1H3,(H,24,29)(H,26,31). The minimum atomic E-state index is -1.36. The monoisotopic (exact) mass is 422 g/mol. The van der Waals surface area contributed by atoms with E-state index in [0.29, 0.717) is 5.56 Å². The van der Waals surface area contributed by atoms with Gasteiger partial charge in [-0.15, -0.1) is 0 Å². The van der Waals surface area contributed by atoms with Crippen molar-refractivity contribution >= 4 is 17.8 Å². The van der Waals surface area contributed by atoms with Gasteiger partial charge >= 0.3 is 6.03 Å². The highest BCUT2D eigenvalue weighted by Crippen LogP contribution is 2.28. The Morgan fingerprint density at radius 3 is 2.48 bits per heavy atom. The number of nitrogens with zero attached hydrogens (tertiary/aromatic N) is 4. The summed E-state index contributed by atoms with van der Waals surface area (Å²) >= 11 is 0. The lowest BCUT2D eigenvalue weighted by atomic mass is 9.92. The molecular weight excluding hydrogens is 403 g/mol. The number of hydrogen-bond acceptors (Lipinski definition) is 5. The summed E-state index contributed by atoms with van der Waals surface area (Å²) in [6.45, 7) is 1.34. The SMILES string of the molecule is CC1(c2ccc(F)cc2)NC(=O)N(CC(=O)NCc2ccc(-n3cncn3)cc2)C1=O. The van der Waals surface area contributed by atoms with Crippen molar-refractivity contribution in [2.45, 2.75) is 19.0 Å². The Morgan fingerprint density at radius 1 is 1.13 bits per heavy atom. The molecule has 158 valence electrons. The van der Waals surface area contributed by atoms with E-state index in [1.54, 1.807) is 11.0 Å². The maximum atomic E-state index is 13.2. The van der Waals surface area contributed by atoms with E-state index in [1.807, 2.05) is 24.3 Å². The second kappa shape index (κ2) is 7.98. The molecule has 1 unspecified atom stereocenters. The van der Waals surface area contributed by atoms with Crippen LogP contribution in [-0.2, 0) is 21.7 Å². The maximum Gasteiger partial charge on any atom is 0.325 e. The number of benzene rings is 2. The minimum Gasteiger partial charge on any atom is -0.350 e. The van der Waals surface area contributed by atoms with Gasteiger partial charge in [0.25, 0.3) is 5.91 Å². The molecule has 2 heterocycles. The lowest BCUT2D eigenvalue weighted by Gasteiger charge is -2.22. The average Bonchev–Trinajstić information content (AvgIpc) is 3.37. The molecule has 31 heavy (non-hydrogen) atoms. The van der Waals surface area contributed by atoms with Gasteiger partial charge < -0.3 is 10.6 Å². The summed E-state index contributed by atoms with van der Waals surface area (Å²) < 4.78 is 14.8. The number of imide groups is 1. The van der Waals surface area contributed by atoms with E-state index in [4.69, 9.17) is 0 Å². The van der Waals surface area contributed by atoms with E-state index in [0.717, 1.165) is 16.2 Å². The van der Waals surface area contributed by atoms with Crippen LogP contribution in [0.3, 0.4) is 0 Å². The predicted octanol–water partition coefficient (Wildman–Crippen LogP) is 1.49. The Bertz CT molecular complexity index is 1120. The summed E-state index contributed by atoms with van der Waals surface area (Å²) in [5.74, 6) is -1.50. The summed E-state index contributed by atoms with van der Waals surface area (Å²) in [5, 5.41) is 9.33. The number of urea groups is 1. The smallest absolute Gasteiger partial charge is 0.325 e. The zero-order valence-electron chi connectivity index (χ0n) is 16.6. The number of hydrogen-bond donors (Lipinski definition) is 2. The fraction of sp³-hybridized carbons (Fsp3) is 0.190. The molecule has 1 saturated heterocycles. The quantitative estimate of drug-likeness (QED) is 0.585. The first kappa shape index (κ1) is 20.2. The summed E-state index contributed by atoms with van der Waals surface area (Å²) in [6, 6.07) is 11.9. The maximum absolute atomic E-state index is 13.2. The zero-order valence-corrected chi connectivity index (χ0v) is 16.6. The number of amides is 4. The molecule has 2 aromatic carbocycles. The van der Waals surface area contributed by atoms with Crippen molar-refractivity contribution < 1.29 is 18.8 Å². The first-order valence-corrected chi connectivity index (χ1v) is 9.47. The Morgan fingerprint density at radius 2 is 1.84 bits per heavy atom. The van der Waals surface area contributed by atoms with Gasteiger partial charge in [0.2, 0.25) is 5.91 Å². The van der Waals surface area contributed by atoms with E-state index >= 15 is 0 Å². The molecule has 1 aliphatic heterocycles. The van der Waals surface area contributed by atoms with Crippen LogP contribution >= 0.6 is 0 Å². The third-order valence-corrected chi connectivity index (χ3v) is 5.11. The molecular formula is C21H19FN6O3. The molecule has 1 atom stereocenters. The van der Waals surface area contributed by atoms with E-state index < -0.39 is 35.7 Å². The van der Waals surface area contributed by atoms with Crippen molar-refractivity contribution in [1.29, 1.82) is 0 Å². The highest BCUT2D eigenvalue weighted by Gasteiger charge is 2.49. The Labute approximate surface area is 176 Å². The normalized spacial score (nSPS) is 18.2. The van der Waals surface area contributed by atoms with Crippen molar-refractivity contribution in [3.05, 3.63) is 78.1 Å². The van der Waals surface area contributed by atoms with Gasteiger partial charge in [-0.2, -0.15) is 5.10 Å². The van der Waals surface area contributed by atoms with Gasteiger partial charge in [-0.25, -0.2) is 18.9 Å². The second-order valence-corrected chi connectivity index (χ2v) is 7.24. The van der Waals surface area contributed by atoms with Gasteiger partial charge in [-0.3, -0.25) is 14.5 Å². The molecule has 0 radical (unpaired) electrons. The van der Waals surface area contributed by atoms with E-state index in [1.165, 1.54) is 37.5 Å². The number of nitrogens with one attached hydrogen (secondary N) is 2. The van der Waals surface area contributed by atoms with Crippen molar-refractivity contribution in [2.24, 2.45) is 0 Å². The molecule has 9 nitrogen and oxygen atoms in total. The highest BCUT2D eigenvalue weighted by atomic mass is 19.1. The van der Waals surface area contributed by atoms with Gasteiger partial charge in [0.1, 0.15) is 30.6 Å². The number of halogens is 1. The lowest BCUT2D eigenvalue weighted by Crippen LogP contribution is -2.43. The van der Waals surface area contributed by atoms with Crippen molar-refractivity contribution in [2.75, 3.05) is 6.54 Å². The summed E-state index contributed by atoms with van der Waals surface area (Å²) in [7, 11) is 0. The summed E-state index contributed by atoms with van der Waals surface area (Å²) in [4.78, 5) is 42.3. The molecule has 0 aliphatic carbocycles. The number of rotatable bonds is 6. The van der Waals surface area contributed by atoms with E-state index in [2.05, 4.69) is 20.7 Å². The lowest BCUT2D eigenvalue weighted by molar-refractivity contribution is -0.134. The van der Waals surface area contributed by atoms with Crippen LogP contribution in [0.5, 0.6) is 0 Å². The van der Waals surface area contributed by atoms with Crippen LogP contribution in [0.15, 0.2) is 61.2 Å². The average molecular weight is 422 g/mol. The number of aromatic nitrogens is 3. The van der Waals surface area contributed by atoms with Crippen LogP contribution in [0, 0.1) is 5.82 Å². The molecule has 0 saturated carbocycles. The Kier molecular flexibility index (Phi) is 5.20. The molecule has 3 aromatic rings. The fourth-order valence-corrected chi connectivity index (χ4v) is 3.33. The van der Waals surface area contributed by atoms with Crippen molar-refractivity contribution in [3.63, 3.8) is 0 Å². The summed E-state index contributed by atoms with van der Waals surface area (Å²) in [6.07, 6.45) is 3.01. The molecule has 0 bridgehead atoms. The molecule has 4 rings (SSSR count). The van der Waals surface area contributed by atoms with Crippen molar-refractivity contribution in [1.82, 2.24) is 30.3 Å². The van der Waals surface area contributed by atoms with Crippen LogP contribution < -0.4 is 10.6 Å². The van der Waals surface area contributed by atoms with Gasteiger partial charge in [-0.05, 0) is 42.3 Å². The molecule has 1 fully saturated rings. The Hall–Kier alpha value is -4.08. The van der Waals surface area contributed by atoms with Gasteiger partial charge in [-0.1, -0.05) is 24.3 Å². The van der Waals surface area contributed by atoms with Crippen LogP contribution in [0.1, 0.15) is 18.1 Å². The molecule has 4 amide bonds. The zero-order chi connectivity index (χ0) is 22.0. The second-order valence-electron chi connectivity index (χ2n) is 7.24. The molecule has 10 heteroatoms. The van der Waals surface area contributed by atoms with Gasteiger partial charge in [0, 0.05) is 6.54 Å². The first-order chi connectivity index (χ1) is 14.9. The van der Waals surface area contributed by atoms with Gasteiger partial charge in [0.15, 0.2) is 0 Å². The van der Waals surface area contributed by atoms with E-state index in [-0.39, 0.29) is 6.54 Å². The van der Waals surface area contributed by atoms with Crippen LogP contribution in [0.2, 0.25) is 0 Å². The third-order valence-electron chi connectivity index (χ3n) is 5.11. The fourth-order valence-electron chi connectivity index (χ4n) is 3.33. The Balaban J connectivity index is 1.36. The van der Waals surface area contributed by atoms with Crippen LogP contribution in [0.4, 0.5) is 9.18 Å². The molecule has 1 aromatic heterocycles. The number of carbonyl (C=O) groups is 3. The third kappa shape index (κ3) is 4.00. The van der Waals surface area contributed by atoms with E-state index in [9.17, 15) is 18.8 Å². The minimum absolute atomic E-state index is 0.231.